The van der Waals surface area contributed by atoms with Crippen LogP contribution in [0, 0.1) is 0 Å². The van der Waals surface area contributed by atoms with E-state index in [0.29, 0.717) is 23.5 Å². The van der Waals surface area contributed by atoms with Crippen LogP contribution in [0.15, 0.2) is 48.0 Å². The number of aliphatic hydroxyl groups excluding tert-OH is 1. The number of Topliss-reactive ketones (excluding diaryl/α,β-unsaturated/α-hetero) is 1. The van der Waals surface area contributed by atoms with E-state index in [-0.39, 0.29) is 24.5 Å². The Kier molecular flexibility index (Phi) is 5.95. The third-order valence-electron chi connectivity index (χ3n) is 5.69. The Morgan fingerprint density at radius 2 is 2.00 bits per heavy atom. The van der Waals surface area contributed by atoms with Crippen LogP contribution in [0.25, 0.3) is 5.76 Å². The van der Waals surface area contributed by atoms with Crippen molar-refractivity contribution in [2.45, 2.75) is 18.9 Å². The lowest BCUT2D eigenvalue weighted by atomic mass is 9.93. The summed E-state index contributed by atoms with van der Waals surface area (Å²) in [6.45, 7) is 1.13. The summed E-state index contributed by atoms with van der Waals surface area (Å²) >= 11 is 0. The predicted octanol–water partition coefficient (Wildman–Crippen LogP) is 3.09. The molecule has 2 aromatic carbocycles. The maximum Gasteiger partial charge on any atom is 0.295 e. The van der Waals surface area contributed by atoms with Crippen molar-refractivity contribution < 1.29 is 28.9 Å². The number of amides is 1. The first kappa shape index (κ1) is 20.9. The molecule has 1 amide bonds. The van der Waals surface area contributed by atoms with E-state index in [0.717, 1.165) is 24.2 Å². The molecule has 2 heterocycles. The lowest BCUT2D eigenvalue weighted by Gasteiger charge is -2.26. The summed E-state index contributed by atoms with van der Waals surface area (Å²) < 4.78 is 16.3. The first-order valence-corrected chi connectivity index (χ1v) is 10.2. The van der Waals surface area contributed by atoms with Crippen LogP contribution in [-0.2, 0) is 20.7 Å². The fraction of sp³-hybridized carbons (Fsp3) is 0.333. The van der Waals surface area contributed by atoms with Crippen molar-refractivity contribution in [3.63, 3.8) is 0 Å². The Bertz CT molecular complexity index is 1040. The summed E-state index contributed by atoms with van der Waals surface area (Å²) in [7, 11) is 3.06. The van der Waals surface area contributed by atoms with Gasteiger partial charge in [-0.15, -0.1) is 0 Å². The molecule has 0 spiro atoms. The molecule has 1 fully saturated rings. The number of methoxy groups -OCH3 is 2. The molecule has 1 N–H and O–H groups in total. The Labute approximate surface area is 180 Å². The molecule has 1 unspecified atom stereocenters. The number of carbonyl (C=O) groups excluding carboxylic acids is 2. The fourth-order valence-electron chi connectivity index (χ4n) is 4.18. The van der Waals surface area contributed by atoms with Crippen molar-refractivity contribution in [2.24, 2.45) is 0 Å². The molecule has 0 aliphatic carbocycles. The van der Waals surface area contributed by atoms with Gasteiger partial charge in [-0.25, -0.2) is 0 Å². The number of para-hydroxylation sites is 1. The number of nitrogens with zero attached hydrogens (tertiary/aromatic N) is 1. The van der Waals surface area contributed by atoms with Crippen LogP contribution < -0.4 is 9.47 Å². The van der Waals surface area contributed by atoms with Crippen molar-refractivity contribution in [1.29, 1.82) is 0 Å². The van der Waals surface area contributed by atoms with Gasteiger partial charge in [0.25, 0.3) is 11.7 Å². The van der Waals surface area contributed by atoms with Crippen LogP contribution in [0.4, 0.5) is 0 Å². The molecular formula is C24H25NO6. The first-order chi connectivity index (χ1) is 15.1. The SMILES string of the molecule is COCCN1C(=O)C(=O)/C(=C(/O)c2ccc3c(c2)CCCO3)C1c1ccccc1OC. The van der Waals surface area contributed by atoms with Gasteiger partial charge in [0.1, 0.15) is 17.3 Å². The average Bonchev–Trinajstić information content (AvgIpc) is 3.06. The Morgan fingerprint density at radius 3 is 2.77 bits per heavy atom. The number of carbonyl (C=O) groups is 2. The normalized spacial score (nSPS) is 19.8. The highest BCUT2D eigenvalue weighted by Gasteiger charge is 2.46. The van der Waals surface area contributed by atoms with Gasteiger partial charge < -0.3 is 24.2 Å². The fourth-order valence-corrected chi connectivity index (χ4v) is 4.18. The van der Waals surface area contributed by atoms with Gasteiger partial charge in [0, 0.05) is 24.8 Å². The van der Waals surface area contributed by atoms with Crippen molar-refractivity contribution in [3.05, 3.63) is 64.7 Å². The van der Waals surface area contributed by atoms with Gasteiger partial charge in [0.15, 0.2) is 0 Å². The van der Waals surface area contributed by atoms with Gasteiger partial charge in [-0.1, -0.05) is 18.2 Å². The zero-order chi connectivity index (χ0) is 22.0. The van der Waals surface area contributed by atoms with Crippen LogP contribution in [0.2, 0.25) is 0 Å². The number of aryl methyl sites for hydroxylation is 1. The van der Waals surface area contributed by atoms with Crippen LogP contribution in [-0.4, -0.2) is 55.7 Å². The van der Waals surface area contributed by atoms with Crippen molar-refractivity contribution in [2.75, 3.05) is 34.0 Å². The number of hydrogen-bond donors (Lipinski definition) is 1. The lowest BCUT2D eigenvalue weighted by Crippen LogP contribution is -2.32. The van der Waals surface area contributed by atoms with E-state index >= 15 is 0 Å². The van der Waals surface area contributed by atoms with E-state index in [1.807, 2.05) is 18.2 Å². The molecule has 0 radical (unpaired) electrons. The van der Waals surface area contributed by atoms with E-state index in [1.165, 1.54) is 19.1 Å². The number of hydrogen-bond acceptors (Lipinski definition) is 6. The summed E-state index contributed by atoms with van der Waals surface area (Å²) in [4.78, 5) is 27.4. The van der Waals surface area contributed by atoms with E-state index in [2.05, 4.69) is 0 Å². The van der Waals surface area contributed by atoms with Crippen LogP contribution in [0.5, 0.6) is 11.5 Å². The second-order valence-corrected chi connectivity index (χ2v) is 7.50. The molecule has 0 aromatic heterocycles. The standard InChI is InChI=1S/C24H25NO6/c1-29-13-11-25-21(17-7-3-4-8-19(17)30-2)20(23(27)24(25)28)22(26)16-9-10-18-15(14-16)6-5-12-31-18/h3-4,7-10,14,21,26H,5-6,11-13H2,1-2H3/b22-20+. The number of benzene rings is 2. The summed E-state index contributed by atoms with van der Waals surface area (Å²) in [6.07, 6.45) is 1.72. The number of aliphatic hydroxyl groups is 1. The van der Waals surface area contributed by atoms with Gasteiger partial charge in [0.05, 0.1) is 31.9 Å². The highest BCUT2D eigenvalue weighted by atomic mass is 16.5. The molecule has 7 nitrogen and oxygen atoms in total. The van der Waals surface area contributed by atoms with Crippen LogP contribution >= 0.6 is 0 Å². The molecule has 0 saturated carbocycles. The molecule has 1 atom stereocenters. The highest BCUT2D eigenvalue weighted by molar-refractivity contribution is 6.46. The second-order valence-electron chi connectivity index (χ2n) is 7.50. The molecule has 2 aliphatic heterocycles. The quantitative estimate of drug-likeness (QED) is 0.437. The van der Waals surface area contributed by atoms with E-state index in [1.54, 1.807) is 24.3 Å². The van der Waals surface area contributed by atoms with Gasteiger partial charge in [-0.3, -0.25) is 9.59 Å². The lowest BCUT2D eigenvalue weighted by molar-refractivity contribution is -0.140. The molecular weight excluding hydrogens is 398 g/mol. The number of ketones is 1. The number of ether oxygens (including phenoxy) is 3. The predicted molar refractivity (Wildman–Crippen MR) is 114 cm³/mol. The van der Waals surface area contributed by atoms with Crippen molar-refractivity contribution >= 4 is 17.4 Å². The zero-order valence-electron chi connectivity index (χ0n) is 17.6. The molecule has 2 aromatic rings. The van der Waals surface area contributed by atoms with Gasteiger partial charge in [-0.05, 0) is 42.7 Å². The second kappa shape index (κ2) is 8.81. The monoisotopic (exact) mass is 423 g/mol. The smallest absolute Gasteiger partial charge is 0.295 e. The molecule has 4 rings (SSSR count). The third-order valence-corrected chi connectivity index (χ3v) is 5.69. The third kappa shape index (κ3) is 3.77. The minimum atomic E-state index is -0.779. The van der Waals surface area contributed by atoms with Crippen molar-refractivity contribution in [3.8, 4) is 11.5 Å². The summed E-state index contributed by atoms with van der Waals surface area (Å²) in [6, 6.07) is 11.7. The summed E-state index contributed by atoms with van der Waals surface area (Å²) in [5.74, 6) is -0.289. The largest absolute Gasteiger partial charge is 0.507 e. The highest BCUT2D eigenvalue weighted by Crippen LogP contribution is 2.42. The van der Waals surface area contributed by atoms with Gasteiger partial charge in [0.2, 0.25) is 0 Å². The van der Waals surface area contributed by atoms with Crippen LogP contribution in [0.3, 0.4) is 0 Å². The summed E-state index contributed by atoms with van der Waals surface area (Å²) in [5, 5.41) is 11.2. The minimum absolute atomic E-state index is 0.0438. The van der Waals surface area contributed by atoms with Crippen LogP contribution in [0.1, 0.15) is 29.2 Å². The molecule has 1 saturated heterocycles. The minimum Gasteiger partial charge on any atom is -0.507 e. The van der Waals surface area contributed by atoms with E-state index in [4.69, 9.17) is 14.2 Å². The van der Waals surface area contributed by atoms with Gasteiger partial charge >= 0.3 is 0 Å². The maximum absolute atomic E-state index is 13.1. The Balaban J connectivity index is 1.86. The van der Waals surface area contributed by atoms with E-state index in [9.17, 15) is 14.7 Å². The number of fused-ring (bicyclic) bond motifs is 1. The molecule has 7 heteroatoms. The van der Waals surface area contributed by atoms with Crippen molar-refractivity contribution in [1.82, 2.24) is 4.90 Å². The maximum atomic E-state index is 13.1. The zero-order valence-corrected chi connectivity index (χ0v) is 17.6. The Morgan fingerprint density at radius 1 is 1.19 bits per heavy atom. The first-order valence-electron chi connectivity index (χ1n) is 10.2. The molecule has 0 bridgehead atoms. The van der Waals surface area contributed by atoms with Gasteiger partial charge in [-0.2, -0.15) is 0 Å². The average molecular weight is 423 g/mol. The summed E-state index contributed by atoms with van der Waals surface area (Å²) in [5.41, 5.74) is 2.12. The molecule has 2 aliphatic rings. The molecule has 162 valence electrons. The number of rotatable bonds is 6. The Hall–Kier alpha value is -3.32. The number of likely N-dealkylation sites (tertiary alicyclic amines) is 1. The topological polar surface area (TPSA) is 85.3 Å². The molecule has 31 heavy (non-hydrogen) atoms. The van der Waals surface area contributed by atoms with E-state index < -0.39 is 17.7 Å².